The molecule has 116 valence electrons. The van der Waals surface area contributed by atoms with Crippen LogP contribution in [0.4, 0.5) is 5.82 Å². The molecule has 0 fully saturated rings. The van der Waals surface area contributed by atoms with Crippen molar-refractivity contribution in [3.05, 3.63) is 22.9 Å². The Kier molecular flexibility index (Phi) is 4.70. The highest BCUT2D eigenvalue weighted by molar-refractivity contribution is 6.01. The van der Waals surface area contributed by atoms with Crippen molar-refractivity contribution in [2.75, 3.05) is 11.4 Å². The smallest absolute Gasteiger partial charge is 0.173 e. The minimum absolute atomic E-state index is 0.140. The van der Waals surface area contributed by atoms with Gasteiger partial charge in [0.2, 0.25) is 0 Å². The summed E-state index contributed by atoms with van der Waals surface area (Å²) in [7, 11) is 0. The van der Waals surface area contributed by atoms with Crippen molar-refractivity contribution in [3.8, 4) is 0 Å². The van der Waals surface area contributed by atoms with Gasteiger partial charge in [0.15, 0.2) is 5.84 Å². The van der Waals surface area contributed by atoms with Crippen LogP contribution in [0.2, 0.25) is 0 Å². The normalized spacial score (nSPS) is 14.9. The maximum Gasteiger partial charge on any atom is 0.173 e. The van der Waals surface area contributed by atoms with Crippen molar-refractivity contribution in [1.29, 1.82) is 0 Å². The largest absolute Gasteiger partial charge is 0.409 e. The Labute approximate surface area is 126 Å². The number of anilines is 1. The molecule has 0 aliphatic heterocycles. The molecule has 1 heterocycles. The molecule has 0 bridgehead atoms. The van der Waals surface area contributed by atoms with Crippen molar-refractivity contribution < 1.29 is 5.21 Å². The fourth-order valence-electron chi connectivity index (χ4n) is 2.86. The average Bonchev–Trinajstić information content (AvgIpc) is 2.89. The molecule has 0 atom stereocenters. The van der Waals surface area contributed by atoms with E-state index < -0.39 is 0 Å². The molecule has 0 unspecified atom stereocenters. The Morgan fingerprint density at radius 2 is 2.10 bits per heavy atom. The molecule has 1 aromatic rings. The number of aryl methyl sites for hydroxylation is 2. The highest BCUT2D eigenvalue weighted by Gasteiger charge is 2.23. The van der Waals surface area contributed by atoms with E-state index in [9.17, 15) is 0 Å². The van der Waals surface area contributed by atoms with Gasteiger partial charge in [0.05, 0.1) is 5.56 Å². The molecule has 2 rings (SSSR count). The third-order valence-electron chi connectivity index (χ3n) is 3.87. The summed E-state index contributed by atoms with van der Waals surface area (Å²) in [5.41, 5.74) is 9.03. The van der Waals surface area contributed by atoms with Crippen LogP contribution in [0.15, 0.2) is 11.2 Å². The molecular formula is C16H26N4O. The van der Waals surface area contributed by atoms with Crippen molar-refractivity contribution in [1.82, 2.24) is 4.98 Å². The van der Waals surface area contributed by atoms with Crippen molar-refractivity contribution in [3.63, 3.8) is 0 Å². The molecule has 1 aromatic heterocycles. The third-order valence-corrected chi connectivity index (χ3v) is 3.87. The number of nitrogens with two attached hydrogens (primary N) is 1. The summed E-state index contributed by atoms with van der Waals surface area (Å²) < 4.78 is 0. The standard InChI is InChI=1S/C16H26N4O/c1-10(2)9-20(11(3)4)16-13(15(17)19-21)8-12-6-5-7-14(12)18-16/h8,10-11,21H,5-7,9H2,1-4H3,(H2,17,19). The van der Waals surface area contributed by atoms with E-state index in [-0.39, 0.29) is 5.84 Å². The van der Waals surface area contributed by atoms with E-state index in [0.29, 0.717) is 12.0 Å². The van der Waals surface area contributed by atoms with Crippen LogP contribution in [-0.4, -0.2) is 28.6 Å². The lowest BCUT2D eigenvalue weighted by molar-refractivity contribution is 0.318. The van der Waals surface area contributed by atoms with Gasteiger partial charge in [-0.3, -0.25) is 0 Å². The van der Waals surface area contributed by atoms with E-state index in [4.69, 9.17) is 15.9 Å². The molecule has 0 amide bonds. The predicted molar refractivity (Wildman–Crippen MR) is 86.1 cm³/mol. The lowest BCUT2D eigenvalue weighted by Gasteiger charge is -2.31. The molecule has 3 N–H and O–H groups in total. The number of oxime groups is 1. The zero-order valence-electron chi connectivity index (χ0n) is 13.4. The number of fused-ring (bicyclic) bond motifs is 1. The number of hydrogen-bond acceptors (Lipinski definition) is 4. The van der Waals surface area contributed by atoms with Crippen molar-refractivity contribution in [2.45, 2.75) is 53.0 Å². The summed E-state index contributed by atoms with van der Waals surface area (Å²) >= 11 is 0. The summed E-state index contributed by atoms with van der Waals surface area (Å²) in [5.74, 6) is 1.50. The summed E-state index contributed by atoms with van der Waals surface area (Å²) in [6, 6.07) is 2.36. The van der Waals surface area contributed by atoms with E-state index in [1.165, 1.54) is 5.56 Å². The fourth-order valence-corrected chi connectivity index (χ4v) is 2.86. The highest BCUT2D eigenvalue weighted by atomic mass is 16.4. The van der Waals surface area contributed by atoms with Gasteiger partial charge in [-0.25, -0.2) is 4.98 Å². The number of rotatable bonds is 5. The Hall–Kier alpha value is -1.78. The molecule has 21 heavy (non-hydrogen) atoms. The number of amidine groups is 1. The molecular weight excluding hydrogens is 264 g/mol. The van der Waals surface area contributed by atoms with Gasteiger partial charge in [-0.2, -0.15) is 0 Å². The van der Waals surface area contributed by atoms with Gasteiger partial charge in [0.1, 0.15) is 5.82 Å². The van der Waals surface area contributed by atoms with Crippen LogP contribution in [0.25, 0.3) is 0 Å². The zero-order chi connectivity index (χ0) is 15.6. The number of aromatic nitrogens is 1. The predicted octanol–water partition coefficient (Wildman–Crippen LogP) is 2.54. The first-order valence-corrected chi connectivity index (χ1v) is 7.71. The SMILES string of the molecule is CC(C)CN(c1nc2c(cc1C(N)=NO)CCC2)C(C)C. The Balaban J connectivity index is 2.53. The van der Waals surface area contributed by atoms with E-state index in [0.717, 1.165) is 42.9 Å². The van der Waals surface area contributed by atoms with Crippen LogP contribution in [0.1, 0.15) is 50.9 Å². The average molecular weight is 290 g/mol. The number of pyridine rings is 1. The minimum Gasteiger partial charge on any atom is -0.409 e. The molecule has 5 heteroatoms. The number of nitrogens with zero attached hydrogens (tertiary/aromatic N) is 3. The Morgan fingerprint density at radius 1 is 1.38 bits per heavy atom. The van der Waals surface area contributed by atoms with E-state index in [2.05, 4.69) is 43.8 Å². The lowest BCUT2D eigenvalue weighted by Crippen LogP contribution is -2.37. The van der Waals surface area contributed by atoms with Crippen molar-refractivity contribution >= 4 is 11.7 Å². The first-order chi connectivity index (χ1) is 9.93. The first kappa shape index (κ1) is 15.6. The van der Waals surface area contributed by atoms with Gasteiger partial charge < -0.3 is 15.8 Å². The van der Waals surface area contributed by atoms with Crippen LogP contribution in [0, 0.1) is 5.92 Å². The maximum atomic E-state index is 9.08. The molecule has 0 aromatic carbocycles. The highest BCUT2D eigenvalue weighted by Crippen LogP contribution is 2.29. The molecule has 5 nitrogen and oxygen atoms in total. The molecule has 0 saturated carbocycles. The summed E-state index contributed by atoms with van der Waals surface area (Å²) in [6.07, 6.45) is 3.18. The van der Waals surface area contributed by atoms with E-state index in [1.54, 1.807) is 0 Å². The van der Waals surface area contributed by atoms with Crippen molar-refractivity contribution in [2.24, 2.45) is 16.8 Å². The van der Waals surface area contributed by atoms with Gasteiger partial charge in [0, 0.05) is 18.3 Å². The van der Waals surface area contributed by atoms with Crippen LogP contribution in [0.3, 0.4) is 0 Å². The zero-order valence-corrected chi connectivity index (χ0v) is 13.4. The second-order valence-electron chi connectivity index (χ2n) is 6.44. The Bertz CT molecular complexity index is 537. The third kappa shape index (κ3) is 3.28. The molecule has 0 spiro atoms. The van der Waals surface area contributed by atoms with E-state index >= 15 is 0 Å². The first-order valence-electron chi connectivity index (χ1n) is 7.71. The molecule has 1 aliphatic rings. The molecule has 0 radical (unpaired) electrons. The monoisotopic (exact) mass is 290 g/mol. The van der Waals surface area contributed by atoms with Gasteiger partial charge in [-0.1, -0.05) is 19.0 Å². The van der Waals surface area contributed by atoms with Gasteiger partial charge >= 0.3 is 0 Å². The van der Waals surface area contributed by atoms with Gasteiger partial charge in [-0.15, -0.1) is 0 Å². The quantitative estimate of drug-likeness (QED) is 0.378. The summed E-state index contributed by atoms with van der Waals surface area (Å²) in [4.78, 5) is 7.10. The minimum atomic E-state index is 0.140. The maximum absolute atomic E-state index is 9.08. The van der Waals surface area contributed by atoms with Gasteiger partial charge in [0.25, 0.3) is 0 Å². The second kappa shape index (κ2) is 6.33. The van der Waals surface area contributed by atoms with Gasteiger partial charge in [-0.05, 0) is 50.7 Å². The van der Waals surface area contributed by atoms with Crippen LogP contribution < -0.4 is 10.6 Å². The second-order valence-corrected chi connectivity index (χ2v) is 6.44. The topological polar surface area (TPSA) is 74.7 Å². The fraction of sp³-hybridized carbons (Fsp3) is 0.625. The van der Waals surface area contributed by atoms with E-state index in [1.807, 2.05) is 0 Å². The number of hydrogen-bond donors (Lipinski definition) is 2. The summed E-state index contributed by atoms with van der Waals surface area (Å²) in [6.45, 7) is 9.56. The summed E-state index contributed by atoms with van der Waals surface area (Å²) in [5, 5.41) is 12.3. The molecule has 0 saturated heterocycles. The molecule has 1 aliphatic carbocycles. The van der Waals surface area contributed by atoms with Crippen LogP contribution >= 0.6 is 0 Å². The van der Waals surface area contributed by atoms with Crippen LogP contribution in [-0.2, 0) is 12.8 Å². The lowest BCUT2D eigenvalue weighted by atomic mass is 10.1. The Morgan fingerprint density at radius 3 is 2.67 bits per heavy atom. The van der Waals surface area contributed by atoms with Crippen LogP contribution in [0.5, 0.6) is 0 Å².